The SMILES string of the molecule is CC1CCC2C(CCC3C2CCC2(C)C(c4ccc5ccncc5c4)=CCC32)C1. The van der Waals surface area contributed by atoms with E-state index in [-0.39, 0.29) is 0 Å². The van der Waals surface area contributed by atoms with E-state index in [0.29, 0.717) is 5.41 Å². The summed E-state index contributed by atoms with van der Waals surface area (Å²) in [6.07, 6.45) is 18.3. The maximum absolute atomic E-state index is 4.36. The first-order chi connectivity index (χ1) is 14.1. The van der Waals surface area contributed by atoms with E-state index in [9.17, 15) is 0 Å². The molecular formula is C28H35N. The van der Waals surface area contributed by atoms with Crippen LogP contribution in [0.5, 0.6) is 0 Å². The molecular weight excluding hydrogens is 350 g/mol. The number of allylic oxidation sites excluding steroid dienone is 2. The van der Waals surface area contributed by atoms with Crippen molar-refractivity contribution >= 4 is 16.3 Å². The third-order valence-corrected chi connectivity index (χ3v) is 9.75. The molecule has 1 heteroatoms. The van der Waals surface area contributed by atoms with Crippen molar-refractivity contribution in [3.05, 3.63) is 48.3 Å². The minimum atomic E-state index is 0.381. The van der Waals surface area contributed by atoms with Gasteiger partial charge in [-0.2, -0.15) is 0 Å². The standard InChI is InChI=1S/C28H35N/c1-18-3-7-23-20(15-18)6-8-25-24(23)11-13-28(2)26(9-10-27(25)28)21-5-4-19-12-14-29-17-22(19)16-21/h4-5,9,12,14,16-18,20,23-25,27H,3,6-8,10-11,13,15H2,1-2H3. The topological polar surface area (TPSA) is 12.9 Å². The normalized spacial score (nSPS) is 41.4. The molecule has 0 radical (unpaired) electrons. The monoisotopic (exact) mass is 385 g/mol. The van der Waals surface area contributed by atoms with Crippen molar-refractivity contribution < 1.29 is 0 Å². The van der Waals surface area contributed by atoms with E-state index in [0.717, 1.165) is 35.5 Å². The van der Waals surface area contributed by atoms with Crippen LogP contribution in [0.15, 0.2) is 42.7 Å². The summed E-state index contributed by atoms with van der Waals surface area (Å²) in [5.41, 5.74) is 3.48. The summed E-state index contributed by atoms with van der Waals surface area (Å²) in [7, 11) is 0. The van der Waals surface area contributed by atoms with Gasteiger partial charge in [0.25, 0.3) is 0 Å². The van der Waals surface area contributed by atoms with Crippen LogP contribution in [0.25, 0.3) is 16.3 Å². The Balaban J connectivity index is 1.29. The number of hydrogen-bond donors (Lipinski definition) is 0. The Bertz CT molecular complexity index is 958. The summed E-state index contributed by atoms with van der Waals surface area (Å²) in [5, 5.41) is 2.58. The fourth-order valence-corrected chi connectivity index (χ4v) is 8.36. The molecule has 0 amide bonds. The maximum atomic E-state index is 4.36. The molecule has 0 aliphatic heterocycles. The lowest BCUT2D eigenvalue weighted by molar-refractivity contribution is -0.0443. The van der Waals surface area contributed by atoms with Gasteiger partial charge in [-0.3, -0.25) is 4.98 Å². The highest BCUT2D eigenvalue weighted by atomic mass is 14.6. The first-order valence-electron chi connectivity index (χ1n) is 12.2. The van der Waals surface area contributed by atoms with Gasteiger partial charge >= 0.3 is 0 Å². The van der Waals surface area contributed by atoms with Crippen LogP contribution >= 0.6 is 0 Å². The van der Waals surface area contributed by atoms with Gasteiger partial charge in [-0.1, -0.05) is 38.5 Å². The van der Waals surface area contributed by atoms with Crippen LogP contribution in [0.4, 0.5) is 0 Å². The first-order valence-corrected chi connectivity index (χ1v) is 12.2. The molecule has 6 rings (SSSR count). The van der Waals surface area contributed by atoms with Gasteiger partial charge in [0.2, 0.25) is 0 Å². The average Bonchev–Trinajstić information content (AvgIpc) is 3.10. The zero-order valence-corrected chi connectivity index (χ0v) is 18.1. The fraction of sp³-hybridized carbons (Fsp3) is 0.607. The minimum absolute atomic E-state index is 0.381. The van der Waals surface area contributed by atoms with Gasteiger partial charge in [0.15, 0.2) is 0 Å². The Hall–Kier alpha value is -1.63. The molecule has 1 aromatic heterocycles. The first kappa shape index (κ1) is 18.2. The second-order valence-electron chi connectivity index (χ2n) is 11.1. The van der Waals surface area contributed by atoms with E-state index in [4.69, 9.17) is 0 Å². The van der Waals surface area contributed by atoms with Gasteiger partial charge in [-0.25, -0.2) is 0 Å². The molecule has 2 aromatic rings. The second kappa shape index (κ2) is 6.69. The summed E-state index contributed by atoms with van der Waals surface area (Å²) in [4.78, 5) is 4.36. The lowest BCUT2D eigenvalue weighted by atomic mass is 9.49. The maximum Gasteiger partial charge on any atom is 0.0346 e. The average molecular weight is 386 g/mol. The molecule has 7 unspecified atom stereocenters. The Morgan fingerprint density at radius 2 is 1.83 bits per heavy atom. The van der Waals surface area contributed by atoms with E-state index in [1.54, 1.807) is 5.57 Å². The summed E-state index contributed by atoms with van der Waals surface area (Å²) in [6, 6.07) is 9.19. The van der Waals surface area contributed by atoms with E-state index in [2.05, 4.69) is 49.2 Å². The molecule has 1 nitrogen and oxygen atoms in total. The third-order valence-electron chi connectivity index (χ3n) is 9.75. The predicted octanol–water partition coefficient (Wildman–Crippen LogP) is 7.52. The molecule has 4 aliphatic rings. The van der Waals surface area contributed by atoms with Crippen molar-refractivity contribution in [3.63, 3.8) is 0 Å². The van der Waals surface area contributed by atoms with E-state index in [1.165, 1.54) is 67.7 Å². The number of benzene rings is 1. The van der Waals surface area contributed by atoms with Crippen molar-refractivity contribution in [1.29, 1.82) is 0 Å². The number of pyridine rings is 1. The molecule has 29 heavy (non-hydrogen) atoms. The molecule has 0 bridgehead atoms. The third kappa shape index (κ3) is 2.76. The number of fused-ring (bicyclic) bond motifs is 6. The lowest BCUT2D eigenvalue weighted by Crippen LogP contribution is -2.47. The molecule has 3 fully saturated rings. The summed E-state index contributed by atoms with van der Waals surface area (Å²) < 4.78 is 0. The van der Waals surface area contributed by atoms with Crippen molar-refractivity contribution in [2.75, 3.05) is 0 Å². The van der Waals surface area contributed by atoms with Crippen LogP contribution in [-0.4, -0.2) is 4.98 Å². The van der Waals surface area contributed by atoms with Gasteiger partial charge in [-0.05, 0) is 115 Å². The quantitative estimate of drug-likeness (QED) is 0.495. The van der Waals surface area contributed by atoms with Crippen molar-refractivity contribution in [3.8, 4) is 0 Å². The van der Waals surface area contributed by atoms with E-state index < -0.39 is 0 Å². The van der Waals surface area contributed by atoms with Crippen LogP contribution in [0.3, 0.4) is 0 Å². The second-order valence-corrected chi connectivity index (χ2v) is 11.1. The predicted molar refractivity (Wildman–Crippen MR) is 121 cm³/mol. The zero-order chi connectivity index (χ0) is 19.6. The number of aromatic nitrogens is 1. The Labute approximate surface area is 176 Å². The van der Waals surface area contributed by atoms with Crippen molar-refractivity contribution in [2.24, 2.45) is 40.9 Å². The van der Waals surface area contributed by atoms with Gasteiger partial charge in [0, 0.05) is 17.8 Å². The largest absolute Gasteiger partial charge is 0.264 e. The van der Waals surface area contributed by atoms with Gasteiger partial charge in [-0.15, -0.1) is 0 Å². The van der Waals surface area contributed by atoms with Crippen molar-refractivity contribution in [1.82, 2.24) is 4.98 Å². The van der Waals surface area contributed by atoms with Crippen LogP contribution in [-0.2, 0) is 0 Å². The lowest BCUT2D eigenvalue weighted by Gasteiger charge is -2.56. The molecule has 0 spiro atoms. The van der Waals surface area contributed by atoms with Crippen LogP contribution in [0.1, 0.15) is 70.8 Å². The van der Waals surface area contributed by atoms with Crippen molar-refractivity contribution in [2.45, 2.75) is 65.2 Å². The smallest absolute Gasteiger partial charge is 0.0346 e. The minimum Gasteiger partial charge on any atom is -0.264 e. The summed E-state index contributed by atoms with van der Waals surface area (Å²) >= 11 is 0. The van der Waals surface area contributed by atoms with Gasteiger partial charge < -0.3 is 0 Å². The number of hydrogen-bond acceptors (Lipinski definition) is 1. The van der Waals surface area contributed by atoms with Gasteiger partial charge in [0.1, 0.15) is 0 Å². The molecule has 7 atom stereocenters. The van der Waals surface area contributed by atoms with E-state index in [1.807, 2.05) is 12.4 Å². The zero-order valence-electron chi connectivity index (χ0n) is 18.1. The number of nitrogens with zero attached hydrogens (tertiary/aromatic N) is 1. The molecule has 1 aromatic carbocycles. The molecule has 1 heterocycles. The highest BCUT2D eigenvalue weighted by molar-refractivity contribution is 5.86. The summed E-state index contributed by atoms with van der Waals surface area (Å²) in [6.45, 7) is 5.10. The molecule has 152 valence electrons. The van der Waals surface area contributed by atoms with E-state index >= 15 is 0 Å². The Morgan fingerprint density at radius 3 is 2.76 bits per heavy atom. The highest BCUT2D eigenvalue weighted by Crippen LogP contribution is 2.64. The summed E-state index contributed by atoms with van der Waals surface area (Å²) in [5.74, 6) is 5.94. The van der Waals surface area contributed by atoms with Crippen LogP contribution in [0.2, 0.25) is 0 Å². The number of rotatable bonds is 1. The molecule has 3 saturated carbocycles. The Morgan fingerprint density at radius 1 is 0.931 bits per heavy atom. The van der Waals surface area contributed by atoms with Crippen LogP contribution in [0, 0.1) is 40.9 Å². The molecule has 0 saturated heterocycles. The Kier molecular flexibility index (Phi) is 4.19. The molecule has 4 aliphatic carbocycles. The molecule has 0 N–H and O–H groups in total. The highest BCUT2D eigenvalue weighted by Gasteiger charge is 2.54. The fourth-order valence-electron chi connectivity index (χ4n) is 8.36. The van der Waals surface area contributed by atoms with Crippen LogP contribution < -0.4 is 0 Å². The van der Waals surface area contributed by atoms with Gasteiger partial charge in [0.05, 0.1) is 0 Å².